The van der Waals surface area contributed by atoms with E-state index in [1.54, 1.807) is 6.20 Å². The zero-order valence-corrected chi connectivity index (χ0v) is 19.0. The molecule has 3 rings (SSSR count). The monoisotopic (exact) mass is 402 g/mol. The van der Waals surface area contributed by atoms with E-state index in [9.17, 15) is 5.26 Å². The van der Waals surface area contributed by atoms with E-state index in [0.717, 1.165) is 41.4 Å². The molecule has 2 heterocycles. The molecule has 0 unspecified atom stereocenters. The predicted octanol–water partition coefficient (Wildman–Crippen LogP) is 5.19. The largest absolute Gasteiger partial charge is 0.334 e. The molecule has 0 aliphatic carbocycles. The second kappa shape index (κ2) is 7.98. The number of hydrogen-bond acceptors (Lipinski definition) is 5. The maximum absolute atomic E-state index is 9.61. The van der Waals surface area contributed by atoms with Crippen molar-refractivity contribution in [1.29, 1.82) is 5.26 Å². The van der Waals surface area contributed by atoms with Gasteiger partial charge in [-0.2, -0.15) is 5.26 Å². The van der Waals surface area contributed by atoms with Crippen molar-refractivity contribution in [3.05, 3.63) is 47.8 Å². The zero-order valence-electron chi connectivity index (χ0n) is 19.0. The molecular weight excluding hydrogens is 372 g/mol. The molecular formula is C24H30N6. The summed E-state index contributed by atoms with van der Waals surface area (Å²) in [7, 11) is 1.94. The Bertz CT molecular complexity index is 1070. The van der Waals surface area contributed by atoms with E-state index in [-0.39, 0.29) is 10.8 Å². The Kier molecular flexibility index (Phi) is 5.76. The number of nitriles is 1. The van der Waals surface area contributed by atoms with Crippen molar-refractivity contribution < 1.29 is 0 Å². The minimum Gasteiger partial charge on any atom is -0.334 e. The molecule has 156 valence electrons. The standard InChI is InChI=1S/C24H30N6/c1-8-23(3,4)21-27-19(28-22(29-21)24(5,6)9-2)17-12-16(15-25)13-18(14-17)20-26-10-11-30(20)7/h10-14H,8-9H2,1-7H3. The summed E-state index contributed by atoms with van der Waals surface area (Å²) in [6.07, 6.45) is 5.47. The van der Waals surface area contributed by atoms with E-state index in [2.05, 4.69) is 52.6 Å². The first-order chi connectivity index (χ1) is 14.1. The van der Waals surface area contributed by atoms with Crippen LogP contribution in [0.5, 0.6) is 0 Å². The number of aromatic nitrogens is 5. The first kappa shape index (κ1) is 21.6. The van der Waals surface area contributed by atoms with Crippen LogP contribution in [0.3, 0.4) is 0 Å². The highest BCUT2D eigenvalue weighted by Crippen LogP contribution is 2.32. The average Bonchev–Trinajstić information content (AvgIpc) is 3.18. The summed E-state index contributed by atoms with van der Waals surface area (Å²) >= 11 is 0. The Labute approximate surface area is 179 Å². The molecule has 0 radical (unpaired) electrons. The van der Waals surface area contributed by atoms with Gasteiger partial charge in [-0.05, 0) is 31.0 Å². The zero-order chi connectivity index (χ0) is 22.1. The van der Waals surface area contributed by atoms with Crippen molar-refractivity contribution in [1.82, 2.24) is 24.5 Å². The van der Waals surface area contributed by atoms with Gasteiger partial charge in [0.25, 0.3) is 0 Å². The van der Waals surface area contributed by atoms with Crippen molar-refractivity contribution in [2.24, 2.45) is 7.05 Å². The van der Waals surface area contributed by atoms with Crippen LogP contribution in [0.25, 0.3) is 22.8 Å². The van der Waals surface area contributed by atoms with E-state index in [0.29, 0.717) is 11.4 Å². The number of aryl methyl sites for hydroxylation is 1. The quantitative estimate of drug-likeness (QED) is 0.567. The Hall–Kier alpha value is -3.07. The van der Waals surface area contributed by atoms with Crippen LogP contribution in [-0.2, 0) is 17.9 Å². The lowest BCUT2D eigenvalue weighted by atomic mass is 9.87. The van der Waals surface area contributed by atoms with Crippen LogP contribution >= 0.6 is 0 Å². The van der Waals surface area contributed by atoms with Crippen LogP contribution in [0.1, 0.15) is 71.6 Å². The molecule has 0 aliphatic heterocycles. The lowest BCUT2D eigenvalue weighted by Crippen LogP contribution is -2.26. The first-order valence-electron chi connectivity index (χ1n) is 10.4. The molecule has 0 saturated carbocycles. The molecule has 0 atom stereocenters. The second-order valence-corrected chi connectivity index (χ2v) is 9.05. The van der Waals surface area contributed by atoms with Gasteiger partial charge in [-0.1, -0.05) is 41.5 Å². The molecule has 0 fully saturated rings. The van der Waals surface area contributed by atoms with Gasteiger partial charge in [0.1, 0.15) is 17.5 Å². The minimum absolute atomic E-state index is 0.175. The smallest absolute Gasteiger partial charge is 0.163 e. The van der Waals surface area contributed by atoms with Gasteiger partial charge in [-0.3, -0.25) is 0 Å². The van der Waals surface area contributed by atoms with Crippen molar-refractivity contribution in [3.63, 3.8) is 0 Å². The molecule has 30 heavy (non-hydrogen) atoms. The van der Waals surface area contributed by atoms with Gasteiger partial charge in [0.15, 0.2) is 5.82 Å². The fourth-order valence-electron chi connectivity index (χ4n) is 3.02. The lowest BCUT2D eigenvalue weighted by molar-refractivity contribution is 0.434. The highest BCUT2D eigenvalue weighted by molar-refractivity contribution is 5.69. The molecule has 2 aromatic heterocycles. The topological polar surface area (TPSA) is 80.3 Å². The average molecular weight is 403 g/mol. The Morgan fingerprint density at radius 2 is 1.47 bits per heavy atom. The van der Waals surface area contributed by atoms with Gasteiger partial charge in [-0.25, -0.2) is 19.9 Å². The fraction of sp³-hybridized carbons (Fsp3) is 0.458. The van der Waals surface area contributed by atoms with Crippen LogP contribution in [-0.4, -0.2) is 24.5 Å². The van der Waals surface area contributed by atoms with Gasteiger partial charge in [0, 0.05) is 41.4 Å². The number of rotatable bonds is 6. The van der Waals surface area contributed by atoms with Crippen molar-refractivity contribution in [2.75, 3.05) is 0 Å². The number of imidazole rings is 1. The number of nitrogens with zero attached hydrogens (tertiary/aromatic N) is 6. The molecule has 6 heteroatoms. The Morgan fingerprint density at radius 1 is 0.900 bits per heavy atom. The van der Waals surface area contributed by atoms with Crippen LogP contribution in [0.2, 0.25) is 0 Å². The summed E-state index contributed by atoms with van der Waals surface area (Å²) in [5.74, 6) is 2.97. The molecule has 3 aromatic rings. The maximum Gasteiger partial charge on any atom is 0.163 e. The second-order valence-electron chi connectivity index (χ2n) is 9.05. The molecule has 0 spiro atoms. The fourth-order valence-corrected chi connectivity index (χ4v) is 3.02. The molecule has 0 amide bonds. The minimum atomic E-state index is -0.175. The van der Waals surface area contributed by atoms with Gasteiger partial charge < -0.3 is 4.57 Å². The van der Waals surface area contributed by atoms with Crippen molar-refractivity contribution >= 4 is 0 Å². The highest BCUT2D eigenvalue weighted by Gasteiger charge is 2.29. The molecule has 6 nitrogen and oxygen atoms in total. The third kappa shape index (κ3) is 4.11. The first-order valence-corrected chi connectivity index (χ1v) is 10.4. The van der Waals surface area contributed by atoms with Crippen molar-refractivity contribution in [3.8, 4) is 28.8 Å². The van der Waals surface area contributed by atoms with E-state index in [4.69, 9.17) is 15.0 Å². The molecule has 0 saturated heterocycles. The van der Waals surface area contributed by atoms with Crippen molar-refractivity contribution in [2.45, 2.75) is 65.2 Å². The lowest BCUT2D eigenvalue weighted by Gasteiger charge is -2.26. The number of hydrogen-bond donors (Lipinski definition) is 0. The van der Waals surface area contributed by atoms with Crippen LogP contribution in [0.15, 0.2) is 30.6 Å². The number of benzene rings is 1. The third-order valence-corrected chi connectivity index (χ3v) is 6.01. The Morgan fingerprint density at radius 3 is 1.93 bits per heavy atom. The van der Waals surface area contributed by atoms with Gasteiger partial charge in [0.05, 0.1) is 11.6 Å². The van der Waals surface area contributed by atoms with E-state index in [1.807, 2.05) is 36.0 Å². The Balaban J connectivity index is 2.27. The van der Waals surface area contributed by atoms with E-state index < -0.39 is 0 Å². The summed E-state index contributed by atoms with van der Waals surface area (Å²) in [6.45, 7) is 12.9. The maximum atomic E-state index is 9.61. The third-order valence-electron chi connectivity index (χ3n) is 6.01. The van der Waals surface area contributed by atoms with Crippen LogP contribution in [0.4, 0.5) is 0 Å². The molecule has 0 aliphatic rings. The molecule has 1 aromatic carbocycles. The SMILES string of the molecule is CCC(C)(C)c1nc(-c2cc(C#N)cc(-c3nccn3C)c2)nc(C(C)(C)CC)n1. The highest BCUT2D eigenvalue weighted by atomic mass is 15.1. The van der Waals surface area contributed by atoms with Crippen LogP contribution < -0.4 is 0 Å². The van der Waals surface area contributed by atoms with E-state index in [1.165, 1.54) is 0 Å². The van der Waals surface area contributed by atoms with Gasteiger partial charge in [-0.15, -0.1) is 0 Å². The van der Waals surface area contributed by atoms with Crippen LogP contribution in [0, 0.1) is 11.3 Å². The summed E-state index contributed by atoms with van der Waals surface area (Å²) in [5, 5.41) is 9.61. The summed E-state index contributed by atoms with van der Waals surface area (Å²) in [6, 6.07) is 7.96. The molecule has 0 bridgehead atoms. The summed E-state index contributed by atoms with van der Waals surface area (Å²) in [4.78, 5) is 19.0. The predicted molar refractivity (Wildman–Crippen MR) is 119 cm³/mol. The summed E-state index contributed by atoms with van der Waals surface area (Å²) < 4.78 is 1.94. The normalized spacial score (nSPS) is 12.1. The van der Waals surface area contributed by atoms with Gasteiger partial charge in [0.2, 0.25) is 0 Å². The van der Waals surface area contributed by atoms with Gasteiger partial charge >= 0.3 is 0 Å². The molecule has 0 N–H and O–H groups in total. The summed E-state index contributed by atoms with van der Waals surface area (Å²) in [5.41, 5.74) is 1.87. The van der Waals surface area contributed by atoms with E-state index >= 15 is 0 Å².